The zero-order valence-electron chi connectivity index (χ0n) is 13.7. The number of imide groups is 1. The third-order valence-corrected chi connectivity index (χ3v) is 3.69. The highest BCUT2D eigenvalue weighted by Crippen LogP contribution is 2.27. The molecule has 1 aromatic rings. The van der Waals surface area contributed by atoms with Crippen LogP contribution in [0.2, 0.25) is 0 Å². The number of likely N-dealkylation sites (N-methyl/N-ethyl adjacent to an activating group) is 2. The predicted molar refractivity (Wildman–Crippen MR) is 78.0 cm³/mol. The number of rotatable bonds is 4. The predicted octanol–water partition coefficient (Wildman–Crippen LogP) is 0.703. The first kappa shape index (κ1) is 18.6. The van der Waals surface area contributed by atoms with E-state index in [1.807, 2.05) is 0 Å². The van der Waals surface area contributed by atoms with Gasteiger partial charge in [0.2, 0.25) is 5.91 Å². The van der Waals surface area contributed by atoms with E-state index in [0.717, 1.165) is 15.9 Å². The van der Waals surface area contributed by atoms with Crippen LogP contribution in [0.5, 0.6) is 0 Å². The fourth-order valence-electron chi connectivity index (χ4n) is 2.36. The van der Waals surface area contributed by atoms with Gasteiger partial charge in [-0.2, -0.15) is 13.2 Å². The summed E-state index contributed by atoms with van der Waals surface area (Å²) >= 11 is 0. The first-order chi connectivity index (χ1) is 11.5. The van der Waals surface area contributed by atoms with E-state index in [1.54, 1.807) is 0 Å². The number of hydrogen-bond acceptors (Lipinski definition) is 5. The van der Waals surface area contributed by atoms with Crippen molar-refractivity contribution in [1.29, 1.82) is 0 Å². The Morgan fingerprint density at radius 3 is 2.44 bits per heavy atom. The van der Waals surface area contributed by atoms with Crippen LogP contribution in [0.15, 0.2) is 6.07 Å². The Bertz CT molecular complexity index is 722. The second-order valence-corrected chi connectivity index (χ2v) is 5.60. The van der Waals surface area contributed by atoms with Crippen molar-refractivity contribution in [3.8, 4) is 0 Å². The highest BCUT2D eigenvalue weighted by molar-refractivity contribution is 6.05. The van der Waals surface area contributed by atoms with Crippen LogP contribution in [0, 0.1) is 6.92 Å². The lowest BCUT2D eigenvalue weighted by molar-refractivity contribution is -0.141. The highest BCUT2D eigenvalue weighted by atomic mass is 19.4. The van der Waals surface area contributed by atoms with Crippen LogP contribution in [0.1, 0.15) is 23.6 Å². The molecule has 0 saturated carbocycles. The van der Waals surface area contributed by atoms with Crippen molar-refractivity contribution in [3.63, 3.8) is 0 Å². The van der Waals surface area contributed by atoms with E-state index in [1.165, 1.54) is 21.0 Å². The fourth-order valence-corrected chi connectivity index (χ4v) is 2.36. The Balaban J connectivity index is 2.00. The number of carbonyl (C=O) groups is 3. The third kappa shape index (κ3) is 4.03. The monoisotopic (exact) mass is 359 g/mol. The largest absolute Gasteiger partial charge is 0.433 e. The number of aromatic nitrogens is 2. The summed E-state index contributed by atoms with van der Waals surface area (Å²) in [6.07, 6.45) is -4.92. The minimum atomic E-state index is -4.61. The van der Waals surface area contributed by atoms with Crippen molar-refractivity contribution < 1.29 is 27.6 Å². The SMILES string of the molecule is Cc1cc(C(F)(F)F)nc(CNC(=O)C[C@H]2C(=O)N(C)C(=O)N2C)n1. The van der Waals surface area contributed by atoms with E-state index in [4.69, 9.17) is 0 Å². The second kappa shape index (κ2) is 6.65. The molecule has 2 rings (SSSR count). The second-order valence-electron chi connectivity index (χ2n) is 5.60. The molecule has 0 unspecified atom stereocenters. The summed E-state index contributed by atoms with van der Waals surface area (Å²) in [6, 6.07) is -0.667. The molecule has 0 spiro atoms. The molecule has 1 N–H and O–H groups in total. The Kier molecular flexibility index (Phi) is 4.95. The molecular formula is C14H16F3N5O3. The Labute approximate surface area is 141 Å². The van der Waals surface area contributed by atoms with Gasteiger partial charge in [-0.05, 0) is 13.0 Å². The van der Waals surface area contributed by atoms with Crippen molar-refractivity contribution in [2.75, 3.05) is 14.1 Å². The van der Waals surface area contributed by atoms with Crippen molar-refractivity contribution in [2.45, 2.75) is 32.1 Å². The summed E-state index contributed by atoms with van der Waals surface area (Å²) in [4.78, 5) is 44.7. The minimum Gasteiger partial charge on any atom is -0.349 e. The van der Waals surface area contributed by atoms with Gasteiger partial charge in [-0.25, -0.2) is 14.8 Å². The summed E-state index contributed by atoms with van der Waals surface area (Å²) in [6.45, 7) is 1.06. The quantitative estimate of drug-likeness (QED) is 0.799. The molecule has 1 aliphatic heterocycles. The number of aryl methyl sites for hydroxylation is 1. The highest BCUT2D eigenvalue weighted by Gasteiger charge is 2.41. The van der Waals surface area contributed by atoms with E-state index in [-0.39, 0.29) is 24.5 Å². The average Bonchev–Trinajstić information content (AvgIpc) is 2.69. The number of hydrogen-bond donors (Lipinski definition) is 1. The van der Waals surface area contributed by atoms with Gasteiger partial charge < -0.3 is 10.2 Å². The van der Waals surface area contributed by atoms with Gasteiger partial charge in [-0.1, -0.05) is 0 Å². The molecule has 1 aromatic heterocycles. The van der Waals surface area contributed by atoms with Crippen LogP contribution < -0.4 is 5.32 Å². The van der Waals surface area contributed by atoms with Crippen LogP contribution in [-0.2, 0) is 22.3 Å². The number of carbonyl (C=O) groups excluding carboxylic acids is 3. The molecule has 25 heavy (non-hydrogen) atoms. The van der Waals surface area contributed by atoms with Crippen LogP contribution >= 0.6 is 0 Å². The maximum Gasteiger partial charge on any atom is 0.433 e. The molecule has 0 bridgehead atoms. The maximum atomic E-state index is 12.7. The van der Waals surface area contributed by atoms with Crippen LogP contribution in [0.3, 0.4) is 0 Å². The molecule has 2 heterocycles. The molecule has 0 aliphatic carbocycles. The van der Waals surface area contributed by atoms with E-state index < -0.39 is 35.8 Å². The van der Waals surface area contributed by atoms with Gasteiger partial charge in [-0.3, -0.25) is 14.5 Å². The number of amides is 4. The van der Waals surface area contributed by atoms with E-state index in [0.29, 0.717) is 0 Å². The number of nitrogens with one attached hydrogen (secondary N) is 1. The van der Waals surface area contributed by atoms with Crippen LogP contribution in [0.4, 0.5) is 18.0 Å². The lowest BCUT2D eigenvalue weighted by Crippen LogP contribution is -2.37. The van der Waals surface area contributed by atoms with Crippen molar-refractivity contribution in [2.24, 2.45) is 0 Å². The lowest BCUT2D eigenvalue weighted by atomic mass is 10.2. The molecule has 1 atom stereocenters. The van der Waals surface area contributed by atoms with Gasteiger partial charge in [0.05, 0.1) is 13.0 Å². The lowest BCUT2D eigenvalue weighted by Gasteiger charge is -2.15. The summed E-state index contributed by atoms with van der Waals surface area (Å²) in [7, 11) is 2.69. The summed E-state index contributed by atoms with van der Waals surface area (Å²) in [5.41, 5.74) is -0.980. The number of urea groups is 1. The standard InChI is InChI=1S/C14H16F3N5O3/c1-7-4-9(14(15,16)17)20-10(19-7)6-18-11(23)5-8-12(24)22(3)13(25)21(8)2/h4,8H,5-6H2,1-3H3,(H,18,23)/t8-/m0/s1. The van der Waals surface area contributed by atoms with Crippen molar-refractivity contribution in [3.05, 3.63) is 23.3 Å². The molecule has 8 nitrogen and oxygen atoms in total. The molecule has 1 saturated heterocycles. The van der Waals surface area contributed by atoms with Crippen molar-refractivity contribution >= 4 is 17.8 Å². The zero-order chi connectivity index (χ0) is 18.9. The summed E-state index contributed by atoms with van der Waals surface area (Å²) in [5, 5.41) is 2.36. The van der Waals surface area contributed by atoms with Gasteiger partial charge >= 0.3 is 12.2 Å². The Morgan fingerprint density at radius 2 is 1.92 bits per heavy atom. The fraction of sp³-hybridized carbons (Fsp3) is 0.500. The smallest absolute Gasteiger partial charge is 0.349 e. The first-order valence-electron chi connectivity index (χ1n) is 7.23. The Hall–Kier alpha value is -2.72. The zero-order valence-corrected chi connectivity index (χ0v) is 13.7. The van der Waals surface area contributed by atoms with Gasteiger partial charge in [0.1, 0.15) is 17.6 Å². The molecule has 0 aromatic carbocycles. The van der Waals surface area contributed by atoms with Crippen molar-refractivity contribution in [1.82, 2.24) is 25.1 Å². The van der Waals surface area contributed by atoms with Gasteiger partial charge in [0.25, 0.3) is 5.91 Å². The van der Waals surface area contributed by atoms with Gasteiger partial charge in [0, 0.05) is 19.8 Å². The molecule has 4 amide bonds. The maximum absolute atomic E-state index is 12.7. The molecule has 11 heteroatoms. The molecule has 0 radical (unpaired) electrons. The van der Waals surface area contributed by atoms with Crippen LogP contribution in [0.25, 0.3) is 0 Å². The topological polar surface area (TPSA) is 95.5 Å². The Morgan fingerprint density at radius 1 is 1.28 bits per heavy atom. The van der Waals surface area contributed by atoms with Gasteiger partial charge in [0.15, 0.2) is 0 Å². The number of halogens is 3. The van der Waals surface area contributed by atoms with E-state index in [9.17, 15) is 27.6 Å². The van der Waals surface area contributed by atoms with Crippen LogP contribution in [-0.4, -0.2) is 57.8 Å². The van der Waals surface area contributed by atoms with Gasteiger partial charge in [-0.15, -0.1) is 0 Å². The summed E-state index contributed by atoms with van der Waals surface area (Å²) in [5.74, 6) is -1.32. The number of nitrogens with zero attached hydrogens (tertiary/aromatic N) is 4. The number of alkyl halides is 3. The average molecular weight is 359 g/mol. The molecule has 136 valence electrons. The van der Waals surface area contributed by atoms with E-state index in [2.05, 4.69) is 15.3 Å². The summed E-state index contributed by atoms with van der Waals surface area (Å²) < 4.78 is 38.2. The molecular weight excluding hydrogens is 343 g/mol. The first-order valence-corrected chi connectivity index (χ1v) is 7.23. The third-order valence-electron chi connectivity index (χ3n) is 3.69. The normalized spacial score (nSPS) is 18.1. The molecule has 1 fully saturated rings. The van der Waals surface area contributed by atoms with E-state index >= 15 is 0 Å². The minimum absolute atomic E-state index is 0.115. The molecule has 1 aliphatic rings.